The summed E-state index contributed by atoms with van der Waals surface area (Å²) in [6.07, 6.45) is 2.80. The Morgan fingerprint density at radius 3 is 2.41 bits per heavy atom. The molecular formula is C21H17FN2O2S. The first-order valence-electron chi connectivity index (χ1n) is 8.63. The third-order valence-electron chi connectivity index (χ3n) is 4.48. The van der Waals surface area contributed by atoms with Gasteiger partial charge in [-0.2, -0.15) is 0 Å². The van der Waals surface area contributed by atoms with E-state index in [1.807, 2.05) is 22.7 Å². The number of benzene rings is 2. The predicted molar refractivity (Wildman–Crippen MR) is 105 cm³/mol. The first-order valence-corrected chi connectivity index (χ1v) is 9.44. The number of fused-ring (bicyclic) bond motifs is 1. The smallest absolute Gasteiger partial charge is 0.308 e. The zero-order valence-electron chi connectivity index (χ0n) is 14.6. The number of hydrogen-bond acceptors (Lipinski definition) is 3. The second-order valence-electron chi connectivity index (χ2n) is 6.28. The highest BCUT2D eigenvalue weighted by Crippen LogP contribution is 2.34. The lowest BCUT2D eigenvalue weighted by molar-refractivity contribution is -0.136. The maximum Gasteiger partial charge on any atom is 0.308 e. The predicted octanol–water partition coefficient (Wildman–Crippen LogP) is 5.06. The molecule has 4 nitrogen and oxygen atoms in total. The van der Waals surface area contributed by atoms with Gasteiger partial charge in [-0.1, -0.05) is 31.2 Å². The molecule has 0 aliphatic heterocycles. The summed E-state index contributed by atoms with van der Waals surface area (Å²) in [6, 6.07) is 14.3. The Bertz CT molecular complexity index is 1110. The standard InChI is InChI=1S/C21H17FN2O2S/c1-2-13-3-5-14(6-4-13)17-12-24-20(15-7-9-16(22)10-8-15)18(11-19(25)26)27-21(24)23-17/h3-10,12H,2,11H2,1H3,(H,25,26). The van der Waals surface area contributed by atoms with E-state index in [4.69, 9.17) is 0 Å². The fourth-order valence-corrected chi connectivity index (χ4v) is 4.22. The summed E-state index contributed by atoms with van der Waals surface area (Å²) < 4.78 is 15.2. The van der Waals surface area contributed by atoms with E-state index in [1.165, 1.54) is 29.0 Å². The van der Waals surface area contributed by atoms with Gasteiger partial charge >= 0.3 is 5.97 Å². The van der Waals surface area contributed by atoms with Crippen LogP contribution in [-0.2, 0) is 17.6 Å². The minimum atomic E-state index is -0.904. The molecule has 0 saturated heterocycles. The normalized spacial score (nSPS) is 11.2. The topological polar surface area (TPSA) is 54.6 Å². The maximum absolute atomic E-state index is 13.3. The zero-order valence-corrected chi connectivity index (χ0v) is 15.5. The molecule has 2 heterocycles. The lowest BCUT2D eigenvalue weighted by Gasteiger charge is -2.04. The van der Waals surface area contributed by atoms with Gasteiger partial charge in [-0.25, -0.2) is 9.37 Å². The van der Waals surface area contributed by atoms with Crippen LogP contribution in [0.1, 0.15) is 17.4 Å². The first kappa shape index (κ1) is 17.4. The third-order valence-corrected chi connectivity index (χ3v) is 5.54. The number of rotatable bonds is 5. The summed E-state index contributed by atoms with van der Waals surface area (Å²) in [5, 5.41) is 9.24. The van der Waals surface area contributed by atoms with Crippen LogP contribution >= 0.6 is 11.3 Å². The van der Waals surface area contributed by atoms with E-state index in [2.05, 4.69) is 24.0 Å². The lowest BCUT2D eigenvalue weighted by atomic mass is 10.1. The molecule has 4 aromatic rings. The Balaban J connectivity index is 1.85. The molecular weight excluding hydrogens is 363 g/mol. The van der Waals surface area contributed by atoms with Gasteiger partial charge in [0, 0.05) is 16.6 Å². The van der Waals surface area contributed by atoms with Crippen molar-refractivity contribution in [2.75, 3.05) is 0 Å². The number of aliphatic carboxylic acids is 1. The van der Waals surface area contributed by atoms with Crippen molar-refractivity contribution in [3.63, 3.8) is 0 Å². The number of carboxylic acid groups (broad SMARTS) is 1. The second kappa shape index (κ2) is 6.96. The minimum Gasteiger partial charge on any atom is -0.481 e. The summed E-state index contributed by atoms with van der Waals surface area (Å²) in [5.41, 5.74) is 4.61. The minimum absolute atomic E-state index is 0.0960. The van der Waals surface area contributed by atoms with E-state index in [9.17, 15) is 14.3 Å². The van der Waals surface area contributed by atoms with E-state index < -0.39 is 5.97 Å². The van der Waals surface area contributed by atoms with Crippen LogP contribution in [0.5, 0.6) is 0 Å². The number of hydrogen-bond donors (Lipinski definition) is 1. The van der Waals surface area contributed by atoms with Crippen LogP contribution in [-0.4, -0.2) is 20.5 Å². The quantitative estimate of drug-likeness (QED) is 0.527. The molecule has 1 N–H and O–H groups in total. The number of halogens is 1. The number of aromatic nitrogens is 2. The molecule has 6 heteroatoms. The van der Waals surface area contributed by atoms with Crippen molar-refractivity contribution in [2.24, 2.45) is 0 Å². The Kier molecular flexibility index (Phi) is 4.49. The summed E-state index contributed by atoms with van der Waals surface area (Å²) in [7, 11) is 0. The van der Waals surface area contributed by atoms with E-state index in [-0.39, 0.29) is 12.2 Å². The molecule has 0 spiro atoms. The molecule has 136 valence electrons. The van der Waals surface area contributed by atoms with E-state index in [0.29, 0.717) is 4.88 Å². The van der Waals surface area contributed by atoms with Crippen LogP contribution in [0.15, 0.2) is 54.7 Å². The van der Waals surface area contributed by atoms with Crippen LogP contribution < -0.4 is 0 Å². The fraction of sp³-hybridized carbons (Fsp3) is 0.143. The highest BCUT2D eigenvalue weighted by molar-refractivity contribution is 7.17. The van der Waals surface area contributed by atoms with Crippen molar-refractivity contribution in [1.82, 2.24) is 9.38 Å². The molecule has 0 bridgehead atoms. The summed E-state index contributed by atoms with van der Waals surface area (Å²) >= 11 is 1.35. The van der Waals surface area contributed by atoms with Gasteiger partial charge in [-0.3, -0.25) is 9.20 Å². The van der Waals surface area contributed by atoms with Crippen LogP contribution in [0.25, 0.3) is 27.5 Å². The summed E-state index contributed by atoms with van der Waals surface area (Å²) in [6.45, 7) is 2.11. The molecule has 2 aromatic carbocycles. The van der Waals surface area contributed by atoms with Crippen molar-refractivity contribution < 1.29 is 14.3 Å². The van der Waals surface area contributed by atoms with Crippen molar-refractivity contribution in [3.8, 4) is 22.5 Å². The number of thiazole rings is 1. The number of nitrogens with zero attached hydrogens (tertiary/aromatic N) is 2. The molecule has 27 heavy (non-hydrogen) atoms. The molecule has 0 radical (unpaired) electrons. The molecule has 0 aliphatic rings. The molecule has 0 fully saturated rings. The van der Waals surface area contributed by atoms with Crippen molar-refractivity contribution in [3.05, 3.63) is 71.0 Å². The largest absolute Gasteiger partial charge is 0.481 e. The van der Waals surface area contributed by atoms with E-state index in [1.54, 1.807) is 12.1 Å². The monoisotopic (exact) mass is 380 g/mol. The van der Waals surface area contributed by atoms with Crippen molar-refractivity contribution in [1.29, 1.82) is 0 Å². The summed E-state index contributed by atoms with van der Waals surface area (Å²) in [5.74, 6) is -1.23. The summed E-state index contributed by atoms with van der Waals surface area (Å²) in [4.78, 5) is 17.4. The van der Waals surface area contributed by atoms with Crippen LogP contribution in [0.4, 0.5) is 4.39 Å². The van der Waals surface area contributed by atoms with Crippen molar-refractivity contribution >= 4 is 22.3 Å². The SMILES string of the molecule is CCc1ccc(-c2cn3c(-c4ccc(F)cc4)c(CC(=O)O)sc3n2)cc1. The van der Waals surface area contributed by atoms with Gasteiger partial charge < -0.3 is 5.11 Å². The molecule has 0 atom stereocenters. The lowest BCUT2D eigenvalue weighted by Crippen LogP contribution is -2.00. The molecule has 0 aliphatic carbocycles. The average molecular weight is 380 g/mol. The van der Waals surface area contributed by atoms with Crippen LogP contribution in [0.3, 0.4) is 0 Å². The van der Waals surface area contributed by atoms with Gasteiger partial charge in [0.1, 0.15) is 5.82 Å². The van der Waals surface area contributed by atoms with Gasteiger partial charge in [0.15, 0.2) is 4.96 Å². The van der Waals surface area contributed by atoms with Gasteiger partial charge in [0.2, 0.25) is 0 Å². The highest BCUT2D eigenvalue weighted by atomic mass is 32.1. The van der Waals surface area contributed by atoms with Crippen molar-refractivity contribution in [2.45, 2.75) is 19.8 Å². The van der Waals surface area contributed by atoms with Gasteiger partial charge in [-0.15, -0.1) is 11.3 Å². The molecule has 0 saturated carbocycles. The Hall–Kier alpha value is -2.99. The molecule has 0 amide bonds. The Morgan fingerprint density at radius 2 is 1.78 bits per heavy atom. The van der Waals surface area contributed by atoms with Crippen LogP contribution in [0, 0.1) is 5.82 Å². The number of imidazole rings is 1. The number of carbonyl (C=O) groups is 1. The fourth-order valence-electron chi connectivity index (χ4n) is 3.10. The Morgan fingerprint density at radius 1 is 1.11 bits per heavy atom. The van der Waals surface area contributed by atoms with Crippen LogP contribution in [0.2, 0.25) is 0 Å². The molecule has 0 unspecified atom stereocenters. The average Bonchev–Trinajstić information content (AvgIpc) is 3.20. The highest BCUT2D eigenvalue weighted by Gasteiger charge is 2.19. The first-order chi connectivity index (χ1) is 13.0. The van der Waals surface area contributed by atoms with Gasteiger partial charge in [0.25, 0.3) is 0 Å². The third kappa shape index (κ3) is 3.36. The molecule has 2 aromatic heterocycles. The zero-order chi connectivity index (χ0) is 19.0. The maximum atomic E-state index is 13.3. The van der Waals surface area contributed by atoms with E-state index >= 15 is 0 Å². The van der Waals surface area contributed by atoms with Gasteiger partial charge in [-0.05, 0) is 41.8 Å². The Labute approximate surface area is 159 Å². The van der Waals surface area contributed by atoms with E-state index in [0.717, 1.165) is 33.9 Å². The van der Waals surface area contributed by atoms with Gasteiger partial charge in [0.05, 0.1) is 17.8 Å². The number of aryl methyl sites for hydroxylation is 1. The molecule has 4 rings (SSSR count). The second-order valence-corrected chi connectivity index (χ2v) is 7.34. The number of carboxylic acids is 1.